The molecule has 1 heterocycles. The lowest BCUT2D eigenvalue weighted by Gasteiger charge is -2.14. The second-order valence-electron chi connectivity index (χ2n) is 5.04. The highest BCUT2D eigenvalue weighted by Crippen LogP contribution is 2.21. The fourth-order valence-electron chi connectivity index (χ4n) is 1.75. The van der Waals surface area contributed by atoms with Crippen LogP contribution in [0.1, 0.15) is 39.3 Å². The summed E-state index contributed by atoms with van der Waals surface area (Å²) in [4.78, 5) is 0. The summed E-state index contributed by atoms with van der Waals surface area (Å²) in [5, 5.41) is 16.7. The van der Waals surface area contributed by atoms with Gasteiger partial charge in [0.15, 0.2) is 0 Å². The number of aryl methyl sites for hydroxylation is 2. The first-order valence-electron chi connectivity index (χ1n) is 6.16. The normalized spacial score (nSPS) is 11.2. The van der Waals surface area contributed by atoms with E-state index in [1.54, 1.807) is 0 Å². The number of hydrogen-bond acceptors (Lipinski definition) is 3. The average Bonchev–Trinajstić information content (AvgIpc) is 2.65. The van der Waals surface area contributed by atoms with E-state index in [0.717, 1.165) is 37.2 Å². The van der Waals surface area contributed by atoms with Crippen molar-refractivity contribution in [1.29, 1.82) is 5.26 Å². The van der Waals surface area contributed by atoms with Gasteiger partial charge in [-0.25, -0.2) is 0 Å². The first-order chi connectivity index (χ1) is 7.98. The Morgan fingerprint density at radius 3 is 2.82 bits per heavy atom. The van der Waals surface area contributed by atoms with Crippen LogP contribution in [0.4, 0.5) is 5.69 Å². The van der Waals surface area contributed by atoms with Crippen molar-refractivity contribution in [2.45, 2.75) is 40.0 Å². The van der Waals surface area contributed by atoms with Crippen LogP contribution < -0.4 is 5.32 Å². The smallest absolute Gasteiger partial charge is 0.0853 e. The van der Waals surface area contributed by atoms with Gasteiger partial charge in [0.25, 0.3) is 0 Å². The maximum atomic E-state index is 8.91. The van der Waals surface area contributed by atoms with Crippen molar-refractivity contribution in [3.63, 3.8) is 0 Å². The predicted octanol–water partition coefficient (Wildman–Crippen LogP) is 2.72. The van der Waals surface area contributed by atoms with Crippen molar-refractivity contribution in [3.8, 4) is 6.07 Å². The molecule has 17 heavy (non-hydrogen) atoms. The molecule has 4 nitrogen and oxygen atoms in total. The molecule has 0 aromatic carbocycles. The van der Waals surface area contributed by atoms with Crippen LogP contribution in [0.15, 0.2) is 6.20 Å². The maximum absolute atomic E-state index is 8.91. The van der Waals surface area contributed by atoms with Crippen LogP contribution in [0.25, 0.3) is 0 Å². The Hall–Kier alpha value is -1.50. The first-order valence-corrected chi connectivity index (χ1v) is 6.16. The van der Waals surface area contributed by atoms with Crippen molar-refractivity contribution in [2.24, 2.45) is 12.5 Å². The van der Waals surface area contributed by atoms with E-state index in [4.69, 9.17) is 5.26 Å². The zero-order valence-electron chi connectivity index (χ0n) is 11.2. The van der Waals surface area contributed by atoms with Gasteiger partial charge in [0.05, 0.1) is 22.9 Å². The topological polar surface area (TPSA) is 53.6 Å². The molecule has 0 fully saturated rings. The van der Waals surface area contributed by atoms with Gasteiger partial charge < -0.3 is 5.32 Å². The predicted molar refractivity (Wildman–Crippen MR) is 69.7 cm³/mol. The van der Waals surface area contributed by atoms with E-state index in [1.807, 2.05) is 31.8 Å². The second kappa shape index (κ2) is 5.72. The van der Waals surface area contributed by atoms with Gasteiger partial charge in [-0.2, -0.15) is 10.4 Å². The fraction of sp³-hybridized carbons (Fsp3) is 0.692. The van der Waals surface area contributed by atoms with Gasteiger partial charge in [0.1, 0.15) is 0 Å². The molecule has 0 amide bonds. The minimum Gasteiger partial charge on any atom is -0.382 e. The minimum atomic E-state index is -0.218. The molecule has 0 atom stereocenters. The summed E-state index contributed by atoms with van der Waals surface area (Å²) in [6, 6.07) is 2.32. The van der Waals surface area contributed by atoms with E-state index in [-0.39, 0.29) is 5.41 Å². The van der Waals surface area contributed by atoms with Crippen LogP contribution in [-0.4, -0.2) is 16.3 Å². The third-order valence-corrected chi connectivity index (χ3v) is 2.84. The number of anilines is 1. The highest BCUT2D eigenvalue weighted by atomic mass is 15.3. The van der Waals surface area contributed by atoms with Gasteiger partial charge in [-0.1, -0.05) is 6.92 Å². The van der Waals surface area contributed by atoms with Gasteiger partial charge >= 0.3 is 0 Å². The molecular weight excluding hydrogens is 212 g/mol. The van der Waals surface area contributed by atoms with E-state index in [2.05, 4.69) is 23.4 Å². The molecule has 0 aliphatic carbocycles. The van der Waals surface area contributed by atoms with E-state index >= 15 is 0 Å². The quantitative estimate of drug-likeness (QED) is 0.770. The van der Waals surface area contributed by atoms with Crippen LogP contribution in [0.3, 0.4) is 0 Å². The molecule has 94 valence electrons. The van der Waals surface area contributed by atoms with E-state index in [1.165, 1.54) is 0 Å². The highest BCUT2D eigenvalue weighted by molar-refractivity contribution is 5.46. The molecular formula is C13H22N4. The molecule has 0 saturated carbocycles. The fourth-order valence-corrected chi connectivity index (χ4v) is 1.75. The summed E-state index contributed by atoms with van der Waals surface area (Å²) in [7, 11) is 1.93. The zero-order chi connectivity index (χ0) is 12.9. The highest BCUT2D eigenvalue weighted by Gasteiger charge is 2.15. The Kier molecular flexibility index (Phi) is 4.56. The molecule has 1 aromatic rings. The Morgan fingerprint density at radius 1 is 1.53 bits per heavy atom. The van der Waals surface area contributed by atoms with Crippen molar-refractivity contribution in [3.05, 3.63) is 11.9 Å². The Labute approximate surface area is 104 Å². The molecule has 0 radical (unpaired) electrons. The standard InChI is InChI=1S/C13H22N4/c1-5-11-12(9-17(4)16-11)15-8-6-7-13(2,3)10-14/h9,15H,5-8H2,1-4H3. The lowest BCUT2D eigenvalue weighted by Crippen LogP contribution is -2.11. The second-order valence-corrected chi connectivity index (χ2v) is 5.04. The Morgan fingerprint density at radius 2 is 2.24 bits per heavy atom. The summed E-state index contributed by atoms with van der Waals surface area (Å²) in [5.41, 5.74) is 2.00. The Bertz CT molecular complexity index is 398. The van der Waals surface area contributed by atoms with Gasteiger partial charge in [0, 0.05) is 19.8 Å². The van der Waals surface area contributed by atoms with Crippen LogP contribution in [0.5, 0.6) is 0 Å². The van der Waals surface area contributed by atoms with Crippen LogP contribution in [0, 0.1) is 16.7 Å². The average molecular weight is 234 g/mol. The monoisotopic (exact) mass is 234 g/mol. The number of hydrogen-bond donors (Lipinski definition) is 1. The van der Waals surface area contributed by atoms with Crippen molar-refractivity contribution in [1.82, 2.24) is 9.78 Å². The van der Waals surface area contributed by atoms with Gasteiger partial charge in [0.2, 0.25) is 0 Å². The molecule has 0 bridgehead atoms. The van der Waals surface area contributed by atoms with Crippen LogP contribution >= 0.6 is 0 Å². The van der Waals surface area contributed by atoms with E-state index in [9.17, 15) is 0 Å². The molecule has 0 spiro atoms. The first kappa shape index (κ1) is 13.6. The van der Waals surface area contributed by atoms with Gasteiger partial charge in [-0.05, 0) is 33.1 Å². The van der Waals surface area contributed by atoms with Crippen molar-refractivity contribution < 1.29 is 0 Å². The molecule has 0 aliphatic rings. The Balaban J connectivity index is 2.39. The number of rotatable bonds is 6. The summed E-state index contributed by atoms with van der Waals surface area (Å²) < 4.78 is 1.83. The molecule has 1 N–H and O–H groups in total. The van der Waals surface area contributed by atoms with Crippen LogP contribution in [0.2, 0.25) is 0 Å². The minimum absolute atomic E-state index is 0.218. The van der Waals surface area contributed by atoms with E-state index in [0.29, 0.717) is 0 Å². The molecule has 0 unspecified atom stereocenters. The van der Waals surface area contributed by atoms with Gasteiger partial charge in [-0.15, -0.1) is 0 Å². The summed E-state index contributed by atoms with van der Waals surface area (Å²) >= 11 is 0. The van der Waals surface area contributed by atoms with Crippen molar-refractivity contribution >= 4 is 5.69 Å². The molecule has 1 rings (SSSR count). The van der Waals surface area contributed by atoms with Gasteiger partial charge in [-0.3, -0.25) is 4.68 Å². The number of nitrogens with zero attached hydrogens (tertiary/aromatic N) is 3. The maximum Gasteiger partial charge on any atom is 0.0853 e. The molecule has 0 aliphatic heterocycles. The van der Waals surface area contributed by atoms with Crippen LogP contribution in [-0.2, 0) is 13.5 Å². The third kappa shape index (κ3) is 4.10. The summed E-state index contributed by atoms with van der Waals surface area (Å²) in [6.45, 7) is 6.96. The SMILES string of the molecule is CCc1nn(C)cc1NCCCC(C)(C)C#N. The lowest BCUT2D eigenvalue weighted by atomic mass is 9.90. The molecule has 0 saturated heterocycles. The number of aromatic nitrogens is 2. The third-order valence-electron chi connectivity index (χ3n) is 2.84. The largest absolute Gasteiger partial charge is 0.382 e. The van der Waals surface area contributed by atoms with E-state index < -0.39 is 0 Å². The molecule has 4 heteroatoms. The molecule has 1 aromatic heterocycles. The summed E-state index contributed by atoms with van der Waals surface area (Å²) in [5.74, 6) is 0. The lowest BCUT2D eigenvalue weighted by molar-refractivity contribution is 0.441. The van der Waals surface area contributed by atoms with Crippen molar-refractivity contribution in [2.75, 3.05) is 11.9 Å². The number of nitrogens with one attached hydrogen (secondary N) is 1. The number of nitriles is 1. The zero-order valence-corrected chi connectivity index (χ0v) is 11.2. The summed E-state index contributed by atoms with van der Waals surface area (Å²) in [6.07, 6.45) is 4.86.